The lowest BCUT2D eigenvalue weighted by molar-refractivity contribution is 0.0791. The molecule has 0 radical (unpaired) electrons. The van der Waals surface area contributed by atoms with Crippen molar-refractivity contribution in [2.75, 3.05) is 20.2 Å². The zero-order valence-electron chi connectivity index (χ0n) is 10.3. The molecule has 1 rings (SSSR count). The maximum absolute atomic E-state index is 13.2. The Kier molecular flexibility index (Phi) is 6.09. The van der Waals surface area contributed by atoms with Gasteiger partial charge in [-0.05, 0) is 37.5 Å². The van der Waals surface area contributed by atoms with Gasteiger partial charge in [0.15, 0.2) is 0 Å². The highest BCUT2D eigenvalue weighted by molar-refractivity contribution is 6.30. The van der Waals surface area contributed by atoms with E-state index in [1.165, 1.54) is 12.1 Å². The summed E-state index contributed by atoms with van der Waals surface area (Å²) in [6, 6.07) is 4.04. The number of hydrogen-bond donors (Lipinski definition) is 1. The van der Waals surface area contributed by atoms with E-state index in [4.69, 9.17) is 16.7 Å². The third-order valence-corrected chi connectivity index (χ3v) is 2.97. The SMILES string of the molecule is CN(CCCCCO)C(=O)c1ccc(Cl)c(F)c1. The molecule has 3 nitrogen and oxygen atoms in total. The molecule has 1 aromatic carbocycles. The lowest BCUT2D eigenvalue weighted by Gasteiger charge is -2.17. The van der Waals surface area contributed by atoms with E-state index in [0.717, 1.165) is 25.3 Å². The smallest absolute Gasteiger partial charge is 0.253 e. The average Bonchev–Trinajstić information content (AvgIpc) is 2.37. The summed E-state index contributed by atoms with van der Waals surface area (Å²) in [6.45, 7) is 0.753. The number of carbonyl (C=O) groups is 1. The van der Waals surface area contributed by atoms with Crippen molar-refractivity contribution in [1.82, 2.24) is 4.90 Å². The molecule has 5 heteroatoms. The molecule has 0 unspecified atom stereocenters. The van der Waals surface area contributed by atoms with E-state index in [2.05, 4.69) is 0 Å². The fraction of sp³-hybridized carbons (Fsp3) is 0.462. The molecule has 0 aliphatic heterocycles. The lowest BCUT2D eigenvalue weighted by Crippen LogP contribution is -2.27. The summed E-state index contributed by atoms with van der Waals surface area (Å²) in [5, 5.41) is 8.65. The summed E-state index contributed by atoms with van der Waals surface area (Å²) < 4.78 is 13.2. The summed E-state index contributed by atoms with van der Waals surface area (Å²) >= 11 is 5.56. The molecule has 1 aromatic rings. The van der Waals surface area contributed by atoms with Gasteiger partial charge in [-0.1, -0.05) is 11.6 Å². The van der Waals surface area contributed by atoms with E-state index in [0.29, 0.717) is 12.1 Å². The van der Waals surface area contributed by atoms with E-state index < -0.39 is 5.82 Å². The summed E-state index contributed by atoms with van der Waals surface area (Å²) in [5.41, 5.74) is 0.293. The van der Waals surface area contributed by atoms with E-state index in [-0.39, 0.29) is 17.5 Å². The minimum absolute atomic E-state index is 0.0112. The topological polar surface area (TPSA) is 40.5 Å². The minimum Gasteiger partial charge on any atom is -0.396 e. The Morgan fingerprint density at radius 3 is 2.72 bits per heavy atom. The highest BCUT2D eigenvalue weighted by Crippen LogP contribution is 2.16. The van der Waals surface area contributed by atoms with Gasteiger partial charge in [0.2, 0.25) is 0 Å². The average molecular weight is 274 g/mol. The highest BCUT2D eigenvalue weighted by atomic mass is 35.5. The molecular formula is C13H17ClFNO2. The third kappa shape index (κ3) is 4.27. The van der Waals surface area contributed by atoms with E-state index in [9.17, 15) is 9.18 Å². The quantitative estimate of drug-likeness (QED) is 0.810. The fourth-order valence-electron chi connectivity index (χ4n) is 1.59. The fourth-order valence-corrected chi connectivity index (χ4v) is 1.71. The van der Waals surface area contributed by atoms with Gasteiger partial charge in [0, 0.05) is 25.8 Å². The standard InChI is InChI=1S/C13H17ClFNO2/c1-16(7-3-2-4-8-17)13(18)10-5-6-11(14)12(15)9-10/h5-6,9,17H,2-4,7-8H2,1H3. The number of nitrogens with zero attached hydrogens (tertiary/aromatic N) is 1. The monoisotopic (exact) mass is 273 g/mol. The Morgan fingerprint density at radius 2 is 2.11 bits per heavy atom. The third-order valence-electron chi connectivity index (χ3n) is 2.66. The van der Waals surface area contributed by atoms with Crippen LogP contribution in [0.5, 0.6) is 0 Å². The van der Waals surface area contributed by atoms with Gasteiger partial charge < -0.3 is 10.0 Å². The summed E-state index contributed by atoms with van der Waals surface area (Å²) in [6.07, 6.45) is 2.42. The molecule has 0 aliphatic carbocycles. The molecule has 0 spiro atoms. The van der Waals surface area contributed by atoms with Crippen LogP contribution < -0.4 is 0 Å². The molecule has 0 aliphatic rings. The number of carbonyl (C=O) groups excluding carboxylic acids is 1. The van der Waals surface area contributed by atoms with Gasteiger partial charge in [0.1, 0.15) is 5.82 Å². The highest BCUT2D eigenvalue weighted by Gasteiger charge is 2.13. The van der Waals surface area contributed by atoms with Crippen LogP contribution in [0.2, 0.25) is 5.02 Å². The van der Waals surface area contributed by atoms with Gasteiger partial charge >= 0.3 is 0 Å². The first-order chi connectivity index (χ1) is 8.56. The second-order valence-electron chi connectivity index (χ2n) is 4.14. The van der Waals surface area contributed by atoms with Crippen LogP contribution in [0.4, 0.5) is 4.39 Å². The molecular weight excluding hydrogens is 257 g/mol. The molecule has 1 amide bonds. The van der Waals surface area contributed by atoms with Crippen molar-refractivity contribution in [3.05, 3.63) is 34.6 Å². The predicted octanol–water partition coefficient (Wildman–Crippen LogP) is 2.71. The Morgan fingerprint density at radius 1 is 1.39 bits per heavy atom. The zero-order valence-corrected chi connectivity index (χ0v) is 11.1. The van der Waals surface area contributed by atoms with Crippen molar-refractivity contribution >= 4 is 17.5 Å². The summed E-state index contributed by atoms with van der Waals surface area (Å²) in [4.78, 5) is 13.5. The number of rotatable bonds is 6. The first-order valence-corrected chi connectivity index (χ1v) is 6.25. The van der Waals surface area contributed by atoms with Crippen molar-refractivity contribution in [3.63, 3.8) is 0 Å². The van der Waals surface area contributed by atoms with Gasteiger partial charge in [-0.3, -0.25) is 4.79 Å². The maximum Gasteiger partial charge on any atom is 0.253 e. The largest absolute Gasteiger partial charge is 0.396 e. The number of hydrogen-bond acceptors (Lipinski definition) is 2. The van der Waals surface area contributed by atoms with Crippen molar-refractivity contribution in [2.24, 2.45) is 0 Å². The molecule has 0 aromatic heterocycles. The molecule has 1 N–H and O–H groups in total. The van der Waals surface area contributed by atoms with E-state index >= 15 is 0 Å². The van der Waals surface area contributed by atoms with E-state index in [1.807, 2.05) is 0 Å². The van der Waals surface area contributed by atoms with Crippen LogP contribution in [0.1, 0.15) is 29.6 Å². The van der Waals surface area contributed by atoms with Crippen LogP contribution in [-0.2, 0) is 0 Å². The second kappa shape index (κ2) is 7.34. The number of benzene rings is 1. The number of unbranched alkanes of at least 4 members (excludes halogenated alkanes) is 2. The molecule has 0 heterocycles. The van der Waals surface area contributed by atoms with Gasteiger partial charge in [0.25, 0.3) is 5.91 Å². The first-order valence-electron chi connectivity index (χ1n) is 5.87. The number of aliphatic hydroxyl groups is 1. The van der Waals surface area contributed by atoms with Crippen molar-refractivity contribution in [3.8, 4) is 0 Å². The Balaban J connectivity index is 2.54. The van der Waals surface area contributed by atoms with Crippen molar-refractivity contribution < 1.29 is 14.3 Å². The van der Waals surface area contributed by atoms with Gasteiger partial charge in [-0.15, -0.1) is 0 Å². The second-order valence-corrected chi connectivity index (χ2v) is 4.55. The van der Waals surface area contributed by atoms with Crippen LogP contribution in [0, 0.1) is 5.82 Å². The minimum atomic E-state index is -0.587. The van der Waals surface area contributed by atoms with Crippen LogP contribution in [0.15, 0.2) is 18.2 Å². The molecule has 0 saturated carbocycles. The van der Waals surface area contributed by atoms with E-state index in [1.54, 1.807) is 11.9 Å². The Labute approximate surface area is 111 Å². The van der Waals surface area contributed by atoms with Gasteiger partial charge in [-0.25, -0.2) is 4.39 Å². The molecule has 0 fully saturated rings. The molecule has 18 heavy (non-hydrogen) atoms. The number of amides is 1. The Bertz CT molecular complexity index is 412. The van der Waals surface area contributed by atoms with Crippen molar-refractivity contribution in [1.29, 1.82) is 0 Å². The van der Waals surface area contributed by atoms with Crippen molar-refractivity contribution in [2.45, 2.75) is 19.3 Å². The normalized spacial score (nSPS) is 10.4. The maximum atomic E-state index is 13.2. The molecule has 0 atom stereocenters. The van der Waals surface area contributed by atoms with Crippen LogP contribution in [-0.4, -0.2) is 36.1 Å². The van der Waals surface area contributed by atoms with Gasteiger partial charge in [0.05, 0.1) is 5.02 Å². The molecule has 100 valence electrons. The van der Waals surface area contributed by atoms with Crippen LogP contribution in [0.3, 0.4) is 0 Å². The number of aliphatic hydroxyl groups excluding tert-OH is 1. The molecule has 0 bridgehead atoms. The van der Waals surface area contributed by atoms with Gasteiger partial charge in [-0.2, -0.15) is 0 Å². The first kappa shape index (κ1) is 14.9. The lowest BCUT2D eigenvalue weighted by atomic mass is 10.2. The van der Waals surface area contributed by atoms with Crippen LogP contribution in [0.25, 0.3) is 0 Å². The molecule has 0 saturated heterocycles. The predicted molar refractivity (Wildman–Crippen MR) is 69.3 cm³/mol. The Hall–Kier alpha value is -1.13. The summed E-state index contributed by atoms with van der Waals surface area (Å²) in [7, 11) is 1.67. The summed E-state index contributed by atoms with van der Waals surface area (Å²) in [5.74, 6) is -0.814. The zero-order chi connectivity index (χ0) is 13.5. The van der Waals surface area contributed by atoms with Crippen LogP contribution >= 0.6 is 11.6 Å². The number of halogens is 2.